The number of nitrogens with zero attached hydrogens (tertiary/aromatic N) is 1. The molecule has 0 radical (unpaired) electrons. The summed E-state index contributed by atoms with van der Waals surface area (Å²) in [6, 6.07) is 14.2. The number of aryl methyl sites for hydroxylation is 2. The van der Waals surface area contributed by atoms with Crippen LogP contribution in [0.2, 0.25) is 0 Å². The molecular formula is C21H29N3O. The SMILES string of the molecule is CCN(CC)c1ccc(NC(=O)CCNc2c(C)cccc2C)cc1. The van der Waals surface area contributed by atoms with Crippen LogP contribution in [0, 0.1) is 13.8 Å². The molecule has 4 heteroatoms. The number of carbonyl (C=O) groups excluding carboxylic acids is 1. The predicted molar refractivity (Wildman–Crippen MR) is 108 cm³/mol. The zero-order chi connectivity index (χ0) is 18.2. The van der Waals surface area contributed by atoms with E-state index < -0.39 is 0 Å². The maximum absolute atomic E-state index is 12.1. The summed E-state index contributed by atoms with van der Waals surface area (Å²) in [6.07, 6.45) is 0.436. The summed E-state index contributed by atoms with van der Waals surface area (Å²) in [5.74, 6) is 0.0225. The molecule has 0 atom stereocenters. The maximum atomic E-state index is 12.1. The van der Waals surface area contributed by atoms with Gasteiger partial charge in [-0.3, -0.25) is 4.79 Å². The molecule has 4 nitrogen and oxygen atoms in total. The van der Waals surface area contributed by atoms with Crippen LogP contribution in [0.15, 0.2) is 42.5 Å². The molecular weight excluding hydrogens is 310 g/mol. The molecule has 0 fully saturated rings. The highest BCUT2D eigenvalue weighted by Crippen LogP contribution is 2.20. The van der Waals surface area contributed by atoms with E-state index in [2.05, 4.69) is 67.5 Å². The second kappa shape index (κ2) is 9.11. The first-order valence-electron chi connectivity index (χ1n) is 9.00. The molecule has 2 N–H and O–H groups in total. The number of benzene rings is 2. The van der Waals surface area contributed by atoms with E-state index in [1.54, 1.807) is 0 Å². The number of anilines is 3. The zero-order valence-electron chi connectivity index (χ0n) is 15.7. The molecule has 25 heavy (non-hydrogen) atoms. The number of amides is 1. The number of hydrogen-bond donors (Lipinski definition) is 2. The molecule has 2 aromatic rings. The Kier molecular flexibility index (Phi) is 6.87. The Hall–Kier alpha value is -2.49. The van der Waals surface area contributed by atoms with Crippen molar-refractivity contribution in [2.24, 2.45) is 0 Å². The molecule has 0 aromatic heterocycles. The van der Waals surface area contributed by atoms with E-state index in [0.29, 0.717) is 13.0 Å². The largest absolute Gasteiger partial charge is 0.384 e. The first-order chi connectivity index (χ1) is 12.0. The fourth-order valence-corrected chi connectivity index (χ4v) is 2.96. The lowest BCUT2D eigenvalue weighted by molar-refractivity contribution is -0.115. The van der Waals surface area contributed by atoms with Crippen LogP contribution in [0.3, 0.4) is 0 Å². The molecule has 2 rings (SSSR count). The van der Waals surface area contributed by atoms with E-state index >= 15 is 0 Å². The zero-order valence-corrected chi connectivity index (χ0v) is 15.7. The lowest BCUT2D eigenvalue weighted by Crippen LogP contribution is -2.21. The van der Waals surface area contributed by atoms with Gasteiger partial charge in [0.2, 0.25) is 5.91 Å². The van der Waals surface area contributed by atoms with Gasteiger partial charge >= 0.3 is 0 Å². The number of carbonyl (C=O) groups is 1. The first-order valence-corrected chi connectivity index (χ1v) is 9.00. The van der Waals surface area contributed by atoms with E-state index in [0.717, 1.165) is 24.5 Å². The second-order valence-corrected chi connectivity index (χ2v) is 6.21. The van der Waals surface area contributed by atoms with Crippen molar-refractivity contribution in [1.29, 1.82) is 0 Å². The molecule has 0 saturated heterocycles. The van der Waals surface area contributed by atoms with Crippen LogP contribution in [-0.2, 0) is 4.79 Å². The monoisotopic (exact) mass is 339 g/mol. The number of nitrogens with one attached hydrogen (secondary N) is 2. The fourth-order valence-electron chi connectivity index (χ4n) is 2.96. The molecule has 0 saturated carbocycles. The summed E-state index contributed by atoms with van der Waals surface area (Å²) in [5, 5.41) is 6.33. The summed E-state index contributed by atoms with van der Waals surface area (Å²) in [4.78, 5) is 14.4. The van der Waals surface area contributed by atoms with Crippen molar-refractivity contribution in [3.8, 4) is 0 Å². The molecule has 0 spiro atoms. The summed E-state index contributed by atoms with van der Waals surface area (Å²) in [7, 11) is 0. The van der Waals surface area contributed by atoms with Gasteiger partial charge in [0.15, 0.2) is 0 Å². The van der Waals surface area contributed by atoms with Gasteiger partial charge in [0.05, 0.1) is 0 Å². The molecule has 134 valence electrons. The molecule has 0 aliphatic rings. The Bertz CT molecular complexity index is 671. The van der Waals surface area contributed by atoms with E-state index in [4.69, 9.17) is 0 Å². The average Bonchev–Trinajstić information content (AvgIpc) is 2.60. The van der Waals surface area contributed by atoms with Gasteiger partial charge in [-0.25, -0.2) is 0 Å². The minimum absolute atomic E-state index is 0.0225. The van der Waals surface area contributed by atoms with Gasteiger partial charge in [-0.1, -0.05) is 18.2 Å². The van der Waals surface area contributed by atoms with Crippen molar-refractivity contribution in [3.05, 3.63) is 53.6 Å². The lowest BCUT2D eigenvalue weighted by Gasteiger charge is -2.21. The number of para-hydroxylation sites is 1. The van der Waals surface area contributed by atoms with Gasteiger partial charge < -0.3 is 15.5 Å². The van der Waals surface area contributed by atoms with Gasteiger partial charge in [-0.2, -0.15) is 0 Å². The summed E-state index contributed by atoms with van der Waals surface area (Å²) >= 11 is 0. The van der Waals surface area contributed by atoms with Crippen molar-refractivity contribution in [1.82, 2.24) is 0 Å². The molecule has 0 aliphatic carbocycles. The molecule has 0 heterocycles. The highest BCUT2D eigenvalue weighted by Gasteiger charge is 2.06. The van der Waals surface area contributed by atoms with E-state index in [9.17, 15) is 4.79 Å². The van der Waals surface area contributed by atoms with Gasteiger partial charge in [0.1, 0.15) is 0 Å². The molecule has 0 unspecified atom stereocenters. The Morgan fingerprint density at radius 2 is 1.56 bits per heavy atom. The van der Waals surface area contributed by atoms with Crippen LogP contribution in [0.1, 0.15) is 31.4 Å². The Labute approximate surface area is 151 Å². The minimum Gasteiger partial charge on any atom is -0.384 e. The number of rotatable bonds is 8. The van der Waals surface area contributed by atoms with Crippen LogP contribution >= 0.6 is 0 Å². The Morgan fingerprint density at radius 1 is 0.960 bits per heavy atom. The van der Waals surface area contributed by atoms with Crippen molar-refractivity contribution >= 4 is 23.0 Å². The molecule has 0 aliphatic heterocycles. The van der Waals surface area contributed by atoms with E-state index in [1.807, 2.05) is 18.2 Å². The van der Waals surface area contributed by atoms with Gasteiger partial charge in [0, 0.05) is 43.1 Å². The van der Waals surface area contributed by atoms with E-state index in [1.165, 1.54) is 16.8 Å². The summed E-state index contributed by atoms with van der Waals surface area (Å²) in [6.45, 7) is 11.0. The molecule has 0 bridgehead atoms. The topological polar surface area (TPSA) is 44.4 Å². The highest BCUT2D eigenvalue weighted by molar-refractivity contribution is 5.91. The Morgan fingerprint density at radius 3 is 2.12 bits per heavy atom. The van der Waals surface area contributed by atoms with Crippen molar-refractivity contribution in [2.75, 3.05) is 35.2 Å². The van der Waals surface area contributed by atoms with Crippen LogP contribution in [0.5, 0.6) is 0 Å². The maximum Gasteiger partial charge on any atom is 0.226 e. The highest BCUT2D eigenvalue weighted by atomic mass is 16.1. The average molecular weight is 339 g/mol. The third kappa shape index (κ3) is 5.24. The third-order valence-corrected chi connectivity index (χ3v) is 4.41. The third-order valence-electron chi connectivity index (χ3n) is 4.41. The predicted octanol–water partition coefficient (Wildman–Crippen LogP) is 4.59. The van der Waals surface area contributed by atoms with Crippen molar-refractivity contribution in [2.45, 2.75) is 34.1 Å². The van der Waals surface area contributed by atoms with Crippen molar-refractivity contribution in [3.63, 3.8) is 0 Å². The van der Waals surface area contributed by atoms with Crippen molar-refractivity contribution < 1.29 is 4.79 Å². The second-order valence-electron chi connectivity index (χ2n) is 6.21. The summed E-state index contributed by atoms with van der Waals surface area (Å²) < 4.78 is 0. The normalized spacial score (nSPS) is 10.4. The lowest BCUT2D eigenvalue weighted by atomic mass is 10.1. The fraction of sp³-hybridized carbons (Fsp3) is 0.381. The van der Waals surface area contributed by atoms with E-state index in [-0.39, 0.29) is 5.91 Å². The summed E-state index contributed by atoms with van der Waals surface area (Å²) in [5.41, 5.74) is 5.55. The van der Waals surface area contributed by atoms with Crippen LogP contribution in [0.25, 0.3) is 0 Å². The van der Waals surface area contributed by atoms with Crippen LogP contribution in [0.4, 0.5) is 17.1 Å². The molecule has 1 amide bonds. The minimum atomic E-state index is 0.0225. The first kappa shape index (κ1) is 18.8. The van der Waals surface area contributed by atoms with Gasteiger partial charge in [0.25, 0.3) is 0 Å². The smallest absolute Gasteiger partial charge is 0.226 e. The quantitative estimate of drug-likeness (QED) is 0.739. The van der Waals surface area contributed by atoms with Crippen LogP contribution in [-0.4, -0.2) is 25.5 Å². The van der Waals surface area contributed by atoms with Gasteiger partial charge in [-0.15, -0.1) is 0 Å². The number of hydrogen-bond acceptors (Lipinski definition) is 3. The van der Waals surface area contributed by atoms with Gasteiger partial charge in [-0.05, 0) is 63.1 Å². The Balaban J connectivity index is 1.84. The van der Waals surface area contributed by atoms with Crippen LogP contribution < -0.4 is 15.5 Å². The standard InChI is InChI=1S/C21H29N3O/c1-5-24(6-2)19-12-10-18(11-13-19)23-20(25)14-15-22-21-16(3)8-7-9-17(21)4/h7-13,22H,5-6,14-15H2,1-4H3,(H,23,25). The molecule has 2 aromatic carbocycles.